The lowest BCUT2D eigenvalue weighted by atomic mass is 9.98. The molecule has 1 atom stereocenters. The molecular formula is C16H21N5O3S. The number of hydrogen-bond acceptors (Lipinski definition) is 5. The van der Waals surface area contributed by atoms with Gasteiger partial charge in [0.2, 0.25) is 0 Å². The highest BCUT2D eigenvalue weighted by atomic mass is 32.1. The number of carbonyl (C=O) groups is 2. The van der Waals surface area contributed by atoms with Gasteiger partial charge >= 0.3 is 12.0 Å². The topological polar surface area (TPSA) is 100 Å². The van der Waals surface area contributed by atoms with Crippen molar-refractivity contribution in [2.24, 2.45) is 5.92 Å². The van der Waals surface area contributed by atoms with Crippen LogP contribution in [-0.2, 0) is 17.8 Å². The van der Waals surface area contributed by atoms with Crippen LogP contribution in [0.4, 0.5) is 9.80 Å². The zero-order chi connectivity index (χ0) is 17.6. The Labute approximate surface area is 149 Å². The Kier molecular flexibility index (Phi) is 5.64. The molecule has 0 unspecified atom stereocenters. The van der Waals surface area contributed by atoms with Gasteiger partial charge in [-0.1, -0.05) is 5.21 Å². The van der Waals surface area contributed by atoms with E-state index in [0.717, 1.165) is 24.4 Å². The van der Waals surface area contributed by atoms with Crippen molar-refractivity contribution >= 4 is 28.3 Å². The van der Waals surface area contributed by atoms with Gasteiger partial charge in [0.1, 0.15) is 0 Å². The highest BCUT2D eigenvalue weighted by Gasteiger charge is 2.24. The molecule has 2 aromatic rings. The van der Waals surface area contributed by atoms with Crippen molar-refractivity contribution in [3.05, 3.63) is 29.4 Å². The molecule has 25 heavy (non-hydrogen) atoms. The number of urea groups is 1. The van der Waals surface area contributed by atoms with Crippen LogP contribution in [0.3, 0.4) is 0 Å². The van der Waals surface area contributed by atoms with Crippen molar-refractivity contribution in [1.82, 2.24) is 19.9 Å². The second-order valence-corrected chi connectivity index (χ2v) is 7.14. The summed E-state index contributed by atoms with van der Waals surface area (Å²) >= 11 is 1.51. The van der Waals surface area contributed by atoms with Gasteiger partial charge in [0.15, 0.2) is 0 Å². The van der Waals surface area contributed by atoms with E-state index < -0.39 is 5.97 Å². The van der Waals surface area contributed by atoms with Crippen LogP contribution in [0.2, 0.25) is 0 Å². The van der Waals surface area contributed by atoms with Crippen LogP contribution < -0.4 is 5.32 Å². The zero-order valence-electron chi connectivity index (χ0n) is 13.8. The predicted molar refractivity (Wildman–Crippen MR) is 93.6 cm³/mol. The Balaban J connectivity index is 1.51. The molecule has 9 heteroatoms. The van der Waals surface area contributed by atoms with E-state index >= 15 is 0 Å². The SMILES string of the molecule is O=C(O)CCc1cn(C[C@@H]2CCCN(C(=O)Nc3cccs3)C2)nn1. The summed E-state index contributed by atoms with van der Waals surface area (Å²) in [6, 6.07) is 3.73. The summed E-state index contributed by atoms with van der Waals surface area (Å²) in [6.45, 7) is 2.12. The van der Waals surface area contributed by atoms with E-state index in [0.29, 0.717) is 31.1 Å². The average molecular weight is 363 g/mol. The van der Waals surface area contributed by atoms with Crippen molar-refractivity contribution in [2.75, 3.05) is 18.4 Å². The largest absolute Gasteiger partial charge is 0.481 e. The summed E-state index contributed by atoms with van der Waals surface area (Å²) in [4.78, 5) is 24.8. The zero-order valence-corrected chi connectivity index (χ0v) is 14.6. The van der Waals surface area contributed by atoms with Gasteiger partial charge in [0.25, 0.3) is 0 Å². The van der Waals surface area contributed by atoms with Gasteiger partial charge in [-0.3, -0.25) is 14.8 Å². The molecule has 8 nitrogen and oxygen atoms in total. The summed E-state index contributed by atoms with van der Waals surface area (Å²) < 4.78 is 1.75. The van der Waals surface area contributed by atoms with Crippen LogP contribution in [0.5, 0.6) is 0 Å². The summed E-state index contributed by atoms with van der Waals surface area (Å²) in [7, 11) is 0. The quantitative estimate of drug-likeness (QED) is 0.820. The Hall–Kier alpha value is -2.42. The summed E-state index contributed by atoms with van der Waals surface area (Å²) in [5, 5.41) is 22.5. The number of anilines is 1. The van der Waals surface area contributed by atoms with E-state index in [1.54, 1.807) is 10.9 Å². The monoisotopic (exact) mass is 363 g/mol. The van der Waals surface area contributed by atoms with Gasteiger partial charge in [-0.15, -0.1) is 16.4 Å². The number of aryl methyl sites for hydroxylation is 1. The maximum atomic E-state index is 12.3. The lowest BCUT2D eigenvalue weighted by molar-refractivity contribution is -0.136. The van der Waals surface area contributed by atoms with E-state index in [1.165, 1.54) is 11.3 Å². The molecule has 2 aromatic heterocycles. The normalized spacial score (nSPS) is 17.4. The lowest BCUT2D eigenvalue weighted by Crippen LogP contribution is -2.43. The first-order valence-electron chi connectivity index (χ1n) is 8.30. The predicted octanol–water partition coefficient (Wildman–Crippen LogP) is 2.30. The van der Waals surface area contributed by atoms with Crippen LogP contribution in [0.15, 0.2) is 23.7 Å². The number of amides is 2. The van der Waals surface area contributed by atoms with Gasteiger partial charge in [0, 0.05) is 32.3 Å². The van der Waals surface area contributed by atoms with Crippen molar-refractivity contribution in [2.45, 2.75) is 32.2 Å². The highest BCUT2D eigenvalue weighted by Crippen LogP contribution is 2.21. The first kappa shape index (κ1) is 17.4. The molecule has 0 spiro atoms. The molecule has 3 heterocycles. The molecule has 3 rings (SSSR count). The molecule has 1 aliphatic heterocycles. The summed E-state index contributed by atoms with van der Waals surface area (Å²) in [6.07, 6.45) is 4.23. The third kappa shape index (κ3) is 5.02. The van der Waals surface area contributed by atoms with Crippen molar-refractivity contribution in [1.29, 1.82) is 0 Å². The number of thiophene rings is 1. The second-order valence-electron chi connectivity index (χ2n) is 6.19. The number of carbonyl (C=O) groups excluding carboxylic acids is 1. The Morgan fingerprint density at radius 2 is 2.32 bits per heavy atom. The van der Waals surface area contributed by atoms with Gasteiger partial charge < -0.3 is 10.0 Å². The van der Waals surface area contributed by atoms with Crippen LogP contribution >= 0.6 is 11.3 Å². The maximum Gasteiger partial charge on any atom is 0.322 e. The number of aromatic nitrogens is 3. The van der Waals surface area contributed by atoms with Crippen molar-refractivity contribution in [3.8, 4) is 0 Å². The number of rotatable bonds is 6. The van der Waals surface area contributed by atoms with Crippen molar-refractivity contribution < 1.29 is 14.7 Å². The number of hydrogen-bond donors (Lipinski definition) is 2. The molecule has 1 fully saturated rings. The van der Waals surface area contributed by atoms with Crippen LogP contribution in [-0.4, -0.2) is 50.1 Å². The minimum atomic E-state index is -0.839. The van der Waals surface area contributed by atoms with Gasteiger partial charge in [-0.25, -0.2) is 4.79 Å². The molecule has 0 bridgehead atoms. The van der Waals surface area contributed by atoms with Gasteiger partial charge in [-0.2, -0.15) is 0 Å². The van der Waals surface area contributed by atoms with Crippen LogP contribution in [0.1, 0.15) is 25.0 Å². The Bertz CT molecular complexity index is 715. The molecule has 134 valence electrons. The van der Waals surface area contributed by atoms with Crippen molar-refractivity contribution in [3.63, 3.8) is 0 Å². The fourth-order valence-corrected chi connectivity index (χ4v) is 3.58. The first-order valence-corrected chi connectivity index (χ1v) is 9.18. The molecule has 0 saturated carbocycles. The highest BCUT2D eigenvalue weighted by molar-refractivity contribution is 7.14. The number of carboxylic acids is 1. The van der Waals surface area contributed by atoms with Gasteiger partial charge in [-0.05, 0) is 36.3 Å². The van der Waals surface area contributed by atoms with E-state index in [1.807, 2.05) is 22.4 Å². The molecule has 2 amide bonds. The maximum absolute atomic E-state index is 12.3. The van der Waals surface area contributed by atoms with E-state index in [-0.39, 0.29) is 12.5 Å². The molecule has 2 N–H and O–H groups in total. The third-order valence-electron chi connectivity index (χ3n) is 4.18. The number of aliphatic carboxylic acids is 1. The standard InChI is InChI=1S/C16H21N5O3S/c22-15(23)6-5-13-11-21(19-18-13)10-12-3-1-7-20(9-12)16(24)17-14-4-2-8-25-14/h2,4,8,11-12H,1,3,5-7,9-10H2,(H,17,24)(H,22,23)/t12-/m1/s1. The molecule has 0 aromatic carbocycles. The Morgan fingerprint density at radius 3 is 3.08 bits per heavy atom. The van der Waals surface area contributed by atoms with Gasteiger partial charge in [0.05, 0.1) is 17.1 Å². The summed E-state index contributed by atoms with van der Waals surface area (Å²) in [5.41, 5.74) is 0.686. The number of nitrogens with one attached hydrogen (secondary N) is 1. The number of piperidine rings is 1. The smallest absolute Gasteiger partial charge is 0.322 e. The molecule has 1 aliphatic rings. The fraction of sp³-hybridized carbons (Fsp3) is 0.500. The fourth-order valence-electron chi connectivity index (χ4n) is 2.97. The molecular weight excluding hydrogens is 342 g/mol. The first-order chi connectivity index (χ1) is 12.1. The van der Waals surface area contributed by atoms with Crippen LogP contribution in [0, 0.1) is 5.92 Å². The minimum absolute atomic E-state index is 0.0544. The average Bonchev–Trinajstić information content (AvgIpc) is 3.25. The number of likely N-dealkylation sites (tertiary alicyclic amines) is 1. The third-order valence-corrected chi connectivity index (χ3v) is 4.97. The molecule has 0 aliphatic carbocycles. The molecule has 0 radical (unpaired) electrons. The Morgan fingerprint density at radius 1 is 1.44 bits per heavy atom. The summed E-state index contributed by atoms with van der Waals surface area (Å²) in [5.74, 6) is -0.522. The van der Waals surface area contributed by atoms with Crippen LogP contribution in [0.25, 0.3) is 0 Å². The number of nitrogens with zero attached hydrogens (tertiary/aromatic N) is 4. The molecule has 1 saturated heterocycles. The number of carboxylic acid groups (broad SMARTS) is 1. The van der Waals surface area contributed by atoms with E-state index in [9.17, 15) is 9.59 Å². The lowest BCUT2D eigenvalue weighted by Gasteiger charge is -2.32. The van der Waals surface area contributed by atoms with E-state index in [4.69, 9.17) is 5.11 Å². The minimum Gasteiger partial charge on any atom is -0.481 e. The second kappa shape index (κ2) is 8.11. The van der Waals surface area contributed by atoms with E-state index in [2.05, 4.69) is 15.6 Å².